The molecule has 96 valence electrons. The fraction of sp³-hybridized carbons (Fsp3) is 0.188. The van der Waals surface area contributed by atoms with Gasteiger partial charge in [-0.25, -0.2) is 4.98 Å². The summed E-state index contributed by atoms with van der Waals surface area (Å²) < 4.78 is 0. The summed E-state index contributed by atoms with van der Waals surface area (Å²) in [6.45, 7) is 2.76. The molecule has 0 aliphatic rings. The average molecular weight is 268 g/mol. The van der Waals surface area contributed by atoms with Gasteiger partial charge in [-0.1, -0.05) is 49.4 Å². The molecule has 0 aliphatic carbocycles. The molecule has 1 unspecified atom stereocenters. The second-order valence-corrected chi connectivity index (χ2v) is 5.62. The van der Waals surface area contributed by atoms with E-state index in [0.717, 1.165) is 10.7 Å². The van der Waals surface area contributed by atoms with Crippen molar-refractivity contribution in [2.75, 3.05) is 6.54 Å². The Hall–Kier alpha value is -1.71. The van der Waals surface area contributed by atoms with Crippen molar-refractivity contribution >= 4 is 22.1 Å². The normalized spacial score (nSPS) is 12.7. The molecular formula is C16H16N2S. The van der Waals surface area contributed by atoms with E-state index in [0.29, 0.717) is 12.5 Å². The van der Waals surface area contributed by atoms with Crippen molar-refractivity contribution in [3.63, 3.8) is 0 Å². The first-order valence-electron chi connectivity index (χ1n) is 6.43. The summed E-state index contributed by atoms with van der Waals surface area (Å²) in [6.07, 6.45) is 0. The lowest BCUT2D eigenvalue weighted by molar-refractivity contribution is 0.767. The zero-order valence-corrected chi connectivity index (χ0v) is 11.7. The van der Waals surface area contributed by atoms with Gasteiger partial charge < -0.3 is 5.73 Å². The highest BCUT2D eigenvalue weighted by Gasteiger charge is 2.11. The molecule has 1 heterocycles. The average Bonchev–Trinajstić information content (AvgIpc) is 2.95. The molecule has 1 atom stereocenters. The van der Waals surface area contributed by atoms with Gasteiger partial charge >= 0.3 is 0 Å². The SMILES string of the molecule is CC(CN)c1nc(-c2cccc3ccccc23)cs1. The van der Waals surface area contributed by atoms with Crippen LogP contribution in [0.15, 0.2) is 47.8 Å². The summed E-state index contributed by atoms with van der Waals surface area (Å²) >= 11 is 1.69. The predicted octanol–water partition coefficient (Wildman–Crippen LogP) is 4.03. The molecule has 0 bridgehead atoms. The summed E-state index contributed by atoms with van der Waals surface area (Å²) in [5, 5.41) is 5.75. The smallest absolute Gasteiger partial charge is 0.0973 e. The summed E-state index contributed by atoms with van der Waals surface area (Å²) in [5.41, 5.74) is 7.96. The Morgan fingerprint density at radius 1 is 1.16 bits per heavy atom. The Morgan fingerprint density at radius 2 is 1.95 bits per heavy atom. The molecule has 0 radical (unpaired) electrons. The van der Waals surface area contributed by atoms with Crippen LogP contribution in [0.25, 0.3) is 22.0 Å². The molecule has 0 saturated heterocycles. The molecule has 19 heavy (non-hydrogen) atoms. The van der Waals surface area contributed by atoms with E-state index in [1.165, 1.54) is 16.3 Å². The Balaban J connectivity index is 2.12. The number of nitrogens with zero attached hydrogens (tertiary/aromatic N) is 1. The van der Waals surface area contributed by atoms with Crippen LogP contribution < -0.4 is 5.73 Å². The van der Waals surface area contributed by atoms with Gasteiger partial charge in [0.1, 0.15) is 0 Å². The first-order chi connectivity index (χ1) is 9.29. The second kappa shape index (κ2) is 5.11. The van der Waals surface area contributed by atoms with Crippen LogP contribution >= 0.6 is 11.3 Å². The van der Waals surface area contributed by atoms with Gasteiger partial charge in [0.05, 0.1) is 10.7 Å². The molecule has 0 aliphatic heterocycles. The van der Waals surface area contributed by atoms with Gasteiger partial charge in [-0.05, 0) is 10.8 Å². The largest absolute Gasteiger partial charge is 0.330 e. The summed E-state index contributed by atoms with van der Waals surface area (Å²) in [6, 6.07) is 14.8. The number of thiazole rings is 1. The monoisotopic (exact) mass is 268 g/mol. The van der Waals surface area contributed by atoms with Gasteiger partial charge in [-0.3, -0.25) is 0 Å². The molecular weight excluding hydrogens is 252 g/mol. The quantitative estimate of drug-likeness (QED) is 0.779. The van der Waals surface area contributed by atoms with E-state index in [1.54, 1.807) is 11.3 Å². The zero-order chi connectivity index (χ0) is 13.2. The lowest BCUT2D eigenvalue weighted by atomic mass is 10.0. The minimum absolute atomic E-state index is 0.328. The third-order valence-corrected chi connectivity index (χ3v) is 4.44. The molecule has 3 rings (SSSR count). The van der Waals surface area contributed by atoms with Crippen molar-refractivity contribution in [1.82, 2.24) is 4.98 Å². The topological polar surface area (TPSA) is 38.9 Å². The number of fused-ring (bicyclic) bond motifs is 1. The minimum atomic E-state index is 0.328. The molecule has 1 aromatic heterocycles. The standard InChI is InChI=1S/C16H16N2S/c1-11(9-17)16-18-15(10-19-16)14-8-4-6-12-5-2-3-7-13(12)14/h2-8,10-11H,9,17H2,1H3. The maximum atomic E-state index is 5.71. The number of benzene rings is 2. The molecule has 3 aromatic rings. The van der Waals surface area contributed by atoms with Crippen LogP contribution in [0.2, 0.25) is 0 Å². The minimum Gasteiger partial charge on any atom is -0.330 e. The molecule has 0 saturated carbocycles. The molecule has 0 fully saturated rings. The van der Waals surface area contributed by atoms with Crippen molar-refractivity contribution in [3.8, 4) is 11.3 Å². The van der Waals surface area contributed by atoms with E-state index in [2.05, 4.69) is 54.8 Å². The van der Waals surface area contributed by atoms with Gasteiger partial charge in [-0.2, -0.15) is 0 Å². The van der Waals surface area contributed by atoms with E-state index in [4.69, 9.17) is 10.7 Å². The highest BCUT2D eigenvalue weighted by molar-refractivity contribution is 7.10. The first kappa shape index (κ1) is 12.3. The Kier molecular flexibility index (Phi) is 3.32. The van der Waals surface area contributed by atoms with Gasteiger partial charge in [-0.15, -0.1) is 11.3 Å². The third kappa shape index (κ3) is 2.27. The summed E-state index contributed by atoms with van der Waals surface area (Å²) in [5.74, 6) is 0.328. The van der Waals surface area contributed by atoms with Gasteiger partial charge in [0, 0.05) is 23.4 Å². The van der Waals surface area contributed by atoms with Crippen LogP contribution in [0.3, 0.4) is 0 Å². The number of rotatable bonds is 3. The summed E-state index contributed by atoms with van der Waals surface area (Å²) in [4.78, 5) is 4.74. The van der Waals surface area contributed by atoms with Crippen molar-refractivity contribution in [3.05, 3.63) is 52.9 Å². The third-order valence-electron chi connectivity index (χ3n) is 3.36. The molecule has 2 nitrogen and oxygen atoms in total. The fourth-order valence-electron chi connectivity index (χ4n) is 2.19. The van der Waals surface area contributed by atoms with Crippen LogP contribution in [-0.4, -0.2) is 11.5 Å². The van der Waals surface area contributed by atoms with E-state index < -0.39 is 0 Å². The second-order valence-electron chi connectivity index (χ2n) is 4.73. The number of hydrogen-bond donors (Lipinski definition) is 1. The van der Waals surface area contributed by atoms with Crippen molar-refractivity contribution < 1.29 is 0 Å². The van der Waals surface area contributed by atoms with Crippen LogP contribution in [0.1, 0.15) is 17.8 Å². The van der Waals surface area contributed by atoms with E-state index in [9.17, 15) is 0 Å². The molecule has 0 amide bonds. The Labute approximate surface area is 116 Å². The number of hydrogen-bond acceptors (Lipinski definition) is 3. The summed E-state index contributed by atoms with van der Waals surface area (Å²) in [7, 11) is 0. The lowest BCUT2D eigenvalue weighted by Gasteiger charge is -2.04. The predicted molar refractivity (Wildman–Crippen MR) is 82.5 cm³/mol. The maximum absolute atomic E-state index is 5.71. The maximum Gasteiger partial charge on any atom is 0.0973 e. The molecule has 0 spiro atoms. The Bertz CT molecular complexity index is 697. The van der Waals surface area contributed by atoms with Crippen molar-refractivity contribution in [2.45, 2.75) is 12.8 Å². The van der Waals surface area contributed by atoms with Crippen LogP contribution in [0.4, 0.5) is 0 Å². The lowest BCUT2D eigenvalue weighted by Crippen LogP contribution is -2.08. The first-order valence-corrected chi connectivity index (χ1v) is 7.31. The zero-order valence-electron chi connectivity index (χ0n) is 10.8. The highest BCUT2D eigenvalue weighted by atomic mass is 32.1. The molecule has 2 aromatic carbocycles. The number of nitrogens with two attached hydrogens (primary N) is 1. The van der Waals surface area contributed by atoms with E-state index >= 15 is 0 Å². The highest BCUT2D eigenvalue weighted by Crippen LogP contribution is 2.31. The van der Waals surface area contributed by atoms with Crippen LogP contribution in [0, 0.1) is 0 Å². The van der Waals surface area contributed by atoms with E-state index in [-0.39, 0.29) is 0 Å². The van der Waals surface area contributed by atoms with Crippen molar-refractivity contribution in [2.24, 2.45) is 5.73 Å². The van der Waals surface area contributed by atoms with Gasteiger partial charge in [0.25, 0.3) is 0 Å². The van der Waals surface area contributed by atoms with Gasteiger partial charge in [0.2, 0.25) is 0 Å². The molecule has 3 heteroatoms. The Morgan fingerprint density at radius 3 is 2.79 bits per heavy atom. The number of aromatic nitrogens is 1. The van der Waals surface area contributed by atoms with Crippen LogP contribution in [0.5, 0.6) is 0 Å². The van der Waals surface area contributed by atoms with Crippen molar-refractivity contribution in [1.29, 1.82) is 0 Å². The fourth-order valence-corrected chi connectivity index (χ4v) is 3.08. The van der Waals surface area contributed by atoms with E-state index in [1.807, 2.05) is 0 Å². The molecule has 2 N–H and O–H groups in total. The van der Waals surface area contributed by atoms with Gasteiger partial charge in [0.15, 0.2) is 0 Å². The van der Waals surface area contributed by atoms with Crippen LogP contribution in [-0.2, 0) is 0 Å².